The molecule has 1 aliphatic carbocycles. The fourth-order valence-electron chi connectivity index (χ4n) is 2.15. The van der Waals surface area contributed by atoms with Gasteiger partial charge < -0.3 is 4.90 Å². The van der Waals surface area contributed by atoms with Crippen molar-refractivity contribution >= 4 is 28.6 Å². The Labute approximate surface area is 120 Å². The van der Waals surface area contributed by atoms with Gasteiger partial charge in [-0.3, -0.25) is 4.79 Å². The quantitative estimate of drug-likeness (QED) is 0.860. The van der Waals surface area contributed by atoms with Gasteiger partial charge in [-0.05, 0) is 37.1 Å². The van der Waals surface area contributed by atoms with Crippen molar-refractivity contribution in [3.05, 3.63) is 27.9 Å². The molecule has 1 atom stereocenters. The first kappa shape index (κ1) is 12.8. The van der Waals surface area contributed by atoms with Crippen LogP contribution in [0.15, 0.2) is 22.2 Å². The third-order valence-corrected chi connectivity index (χ3v) is 5.30. The molecule has 1 fully saturated rings. The van der Waals surface area contributed by atoms with Crippen LogP contribution in [0.1, 0.15) is 30.3 Å². The van der Waals surface area contributed by atoms with Crippen molar-refractivity contribution in [3.8, 4) is 10.6 Å². The summed E-state index contributed by atoms with van der Waals surface area (Å²) in [6.07, 6.45) is 2.49. The summed E-state index contributed by atoms with van der Waals surface area (Å²) in [5.41, 5.74) is 1.67. The summed E-state index contributed by atoms with van der Waals surface area (Å²) in [7, 11) is 1.88. The lowest BCUT2D eigenvalue weighted by Crippen LogP contribution is -2.36. The highest BCUT2D eigenvalue weighted by molar-refractivity contribution is 7.14. The van der Waals surface area contributed by atoms with Crippen LogP contribution >= 0.6 is 22.7 Å². The molecule has 0 saturated heterocycles. The van der Waals surface area contributed by atoms with E-state index in [0.29, 0.717) is 17.7 Å². The zero-order valence-electron chi connectivity index (χ0n) is 11.0. The molecule has 3 nitrogen and oxygen atoms in total. The molecule has 1 aliphatic rings. The molecule has 2 heterocycles. The molecular formula is C14H16N2OS2. The molecule has 0 bridgehead atoms. The SMILES string of the molecule is CC(C1CC1)N(C)C(=O)c1csc(-c2ccsc2)n1. The average Bonchev–Trinajstić information content (AvgIpc) is 2.94. The van der Waals surface area contributed by atoms with E-state index in [-0.39, 0.29) is 5.91 Å². The molecule has 100 valence electrons. The summed E-state index contributed by atoms with van der Waals surface area (Å²) in [4.78, 5) is 18.7. The smallest absolute Gasteiger partial charge is 0.273 e. The first-order valence-electron chi connectivity index (χ1n) is 6.42. The van der Waals surface area contributed by atoms with E-state index in [2.05, 4.69) is 17.3 Å². The monoisotopic (exact) mass is 292 g/mol. The third kappa shape index (κ3) is 2.58. The van der Waals surface area contributed by atoms with E-state index < -0.39 is 0 Å². The summed E-state index contributed by atoms with van der Waals surface area (Å²) in [6.45, 7) is 2.13. The number of aromatic nitrogens is 1. The van der Waals surface area contributed by atoms with Crippen LogP contribution in [0.4, 0.5) is 0 Å². The number of nitrogens with zero attached hydrogens (tertiary/aromatic N) is 2. The second kappa shape index (κ2) is 5.06. The van der Waals surface area contributed by atoms with Gasteiger partial charge in [0.05, 0.1) is 0 Å². The Kier molecular flexibility index (Phi) is 3.41. The fourth-order valence-corrected chi connectivity index (χ4v) is 3.66. The second-order valence-corrected chi connectivity index (χ2v) is 6.68. The predicted molar refractivity (Wildman–Crippen MR) is 79.7 cm³/mol. The number of carbonyl (C=O) groups is 1. The number of amides is 1. The minimum absolute atomic E-state index is 0.0390. The van der Waals surface area contributed by atoms with Crippen LogP contribution in [-0.4, -0.2) is 28.9 Å². The Balaban J connectivity index is 1.76. The number of rotatable bonds is 4. The van der Waals surface area contributed by atoms with Crippen molar-refractivity contribution < 1.29 is 4.79 Å². The minimum atomic E-state index is 0.0390. The lowest BCUT2D eigenvalue weighted by molar-refractivity contribution is 0.0722. The molecule has 1 amide bonds. The van der Waals surface area contributed by atoms with Crippen molar-refractivity contribution in [1.29, 1.82) is 0 Å². The zero-order valence-corrected chi connectivity index (χ0v) is 12.6. The van der Waals surface area contributed by atoms with Crippen molar-refractivity contribution in [2.75, 3.05) is 7.05 Å². The van der Waals surface area contributed by atoms with E-state index in [1.165, 1.54) is 24.2 Å². The summed E-state index contributed by atoms with van der Waals surface area (Å²) in [5, 5.41) is 6.88. The van der Waals surface area contributed by atoms with Gasteiger partial charge in [0.1, 0.15) is 10.7 Å². The van der Waals surface area contributed by atoms with Crippen LogP contribution in [0, 0.1) is 5.92 Å². The van der Waals surface area contributed by atoms with Gasteiger partial charge in [-0.1, -0.05) is 0 Å². The van der Waals surface area contributed by atoms with Gasteiger partial charge in [0.15, 0.2) is 0 Å². The largest absolute Gasteiger partial charge is 0.337 e. The Bertz CT molecular complexity index is 572. The highest BCUT2D eigenvalue weighted by Crippen LogP contribution is 2.35. The fraction of sp³-hybridized carbons (Fsp3) is 0.429. The molecule has 19 heavy (non-hydrogen) atoms. The summed E-state index contributed by atoms with van der Waals surface area (Å²) in [6, 6.07) is 2.35. The lowest BCUT2D eigenvalue weighted by atomic mass is 10.2. The predicted octanol–water partition coefficient (Wildman–Crippen LogP) is 3.74. The van der Waals surface area contributed by atoms with Crippen LogP contribution in [0.2, 0.25) is 0 Å². The normalized spacial score (nSPS) is 16.3. The van der Waals surface area contributed by atoms with E-state index in [4.69, 9.17) is 0 Å². The standard InChI is InChI=1S/C14H16N2OS2/c1-9(10-3-4-10)16(2)14(17)12-8-19-13(15-12)11-5-6-18-7-11/h5-10H,3-4H2,1-2H3. The highest BCUT2D eigenvalue weighted by atomic mass is 32.1. The molecule has 3 rings (SSSR count). The van der Waals surface area contributed by atoms with Crippen molar-refractivity contribution in [3.63, 3.8) is 0 Å². The van der Waals surface area contributed by atoms with E-state index in [9.17, 15) is 4.79 Å². The number of thiophene rings is 1. The summed E-state index contributed by atoms with van der Waals surface area (Å²) >= 11 is 3.18. The first-order valence-corrected chi connectivity index (χ1v) is 8.24. The topological polar surface area (TPSA) is 33.2 Å². The van der Waals surface area contributed by atoms with Gasteiger partial charge in [0, 0.05) is 29.4 Å². The second-order valence-electron chi connectivity index (χ2n) is 5.04. The average molecular weight is 292 g/mol. The molecule has 1 unspecified atom stereocenters. The maximum Gasteiger partial charge on any atom is 0.273 e. The molecular weight excluding hydrogens is 276 g/mol. The van der Waals surface area contributed by atoms with Crippen LogP contribution in [0.3, 0.4) is 0 Å². The molecule has 0 radical (unpaired) electrons. The van der Waals surface area contributed by atoms with Gasteiger partial charge in [-0.2, -0.15) is 11.3 Å². The Morgan fingerprint density at radius 3 is 2.89 bits per heavy atom. The Morgan fingerprint density at radius 1 is 1.47 bits per heavy atom. The minimum Gasteiger partial charge on any atom is -0.337 e. The zero-order chi connectivity index (χ0) is 13.4. The molecule has 2 aromatic rings. The highest BCUT2D eigenvalue weighted by Gasteiger charge is 2.33. The van der Waals surface area contributed by atoms with Crippen LogP contribution in [-0.2, 0) is 0 Å². The number of carbonyl (C=O) groups excluding carboxylic acids is 1. The van der Waals surface area contributed by atoms with Crippen molar-refractivity contribution in [1.82, 2.24) is 9.88 Å². The summed E-state index contributed by atoms with van der Waals surface area (Å²) in [5.74, 6) is 0.723. The lowest BCUT2D eigenvalue weighted by Gasteiger charge is -2.23. The Morgan fingerprint density at radius 2 is 2.26 bits per heavy atom. The van der Waals surface area contributed by atoms with Crippen LogP contribution in [0.25, 0.3) is 10.6 Å². The number of thiazole rings is 1. The maximum absolute atomic E-state index is 12.4. The van der Waals surface area contributed by atoms with E-state index in [1.54, 1.807) is 11.3 Å². The molecule has 0 aromatic carbocycles. The number of hydrogen-bond donors (Lipinski definition) is 0. The van der Waals surface area contributed by atoms with E-state index in [0.717, 1.165) is 10.6 Å². The van der Waals surface area contributed by atoms with Gasteiger partial charge in [0.25, 0.3) is 5.91 Å². The van der Waals surface area contributed by atoms with Crippen molar-refractivity contribution in [2.24, 2.45) is 5.92 Å². The van der Waals surface area contributed by atoms with E-state index >= 15 is 0 Å². The van der Waals surface area contributed by atoms with Gasteiger partial charge in [-0.25, -0.2) is 4.98 Å². The molecule has 2 aromatic heterocycles. The van der Waals surface area contributed by atoms with E-state index in [1.807, 2.05) is 28.8 Å². The molecule has 0 spiro atoms. The molecule has 0 aliphatic heterocycles. The number of hydrogen-bond acceptors (Lipinski definition) is 4. The van der Waals surface area contributed by atoms with Crippen LogP contribution < -0.4 is 0 Å². The van der Waals surface area contributed by atoms with Crippen molar-refractivity contribution in [2.45, 2.75) is 25.8 Å². The van der Waals surface area contributed by atoms with Gasteiger partial charge in [0.2, 0.25) is 0 Å². The molecule has 1 saturated carbocycles. The molecule has 5 heteroatoms. The molecule has 0 N–H and O–H groups in total. The third-order valence-electron chi connectivity index (χ3n) is 3.73. The maximum atomic E-state index is 12.4. The van der Waals surface area contributed by atoms with Gasteiger partial charge >= 0.3 is 0 Å². The van der Waals surface area contributed by atoms with Gasteiger partial charge in [-0.15, -0.1) is 11.3 Å². The Hall–Kier alpha value is -1.20. The van der Waals surface area contributed by atoms with Crippen LogP contribution in [0.5, 0.6) is 0 Å². The summed E-state index contributed by atoms with van der Waals surface area (Å²) < 4.78 is 0. The first-order chi connectivity index (χ1) is 9.16.